The van der Waals surface area contributed by atoms with Crippen molar-refractivity contribution in [3.05, 3.63) is 56.2 Å². The molecule has 1 aliphatic heterocycles. The topological polar surface area (TPSA) is 145 Å². The van der Waals surface area contributed by atoms with Crippen molar-refractivity contribution in [1.29, 1.82) is 0 Å². The van der Waals surface area contributed by atoms with Crippen molar-refractivity contribution in [3.8, 4) is 0 Å². The van der Waals surface area contributed by atoms with Gasteiger partial charge in [0.2, 0.25) is 11.7 Å². The minimum absolute atomic E-state index is 0.0964. The zero-order valence-corrected chi connectivity index (χ0v) is 15.1. The number of benzene rings is 1. The molecule has 1 aromatic heterocycles. The predicted molar refractivity (Wildman–Crippen MR) is 99.4 cm³/mol. The number of ketones is 1. The predicted octanol–water partition coefficient (Wildman–Crippen LogP) is -0.178. The van der Waals surface area contributed by atoms with Crippen LogP contribution in [0.4, 0.5) is 11.5 Å². The van der Waals surface area contributed by atoms with E-state index in [2.05, 4.69) is 0 Å². The van der Waals surface area contributed by atoms with E-state index >= 15 is 0 Å². The number of carbonyl (C=O) groups excluding carboxylic acids is 3. The van der Waals surface area contributed by atoms with E-state index < -0.39 is 35.2 Å². The van der Waals surface area contributed by atoms with Crippen LogP contribution in [0.5, 0.6) is 0 Å². The molecule has 146 valence electrons. The minimum Gasteiger partial charge on any atom is -0.454 e. The molecule has 0 spiro atoms. The molecule has 2 heterocycles. The number of esters is 1. The Balaban J connectivity index is 1.80. The van der Waals surface area contributed by atoms with Crippen LogP contribution in [0.3, 0.4) is 0 Å². The maximum absolute atomic E-state index is 12.5. The molecule has 3 N–H and O–H groups in total. The van der Waals surface area contributed by atoms with E-state index in [9.17, 15) is 24.0 Å². The highest BCUT2D eigenvalue weighted by Gasteiger charge is 2.27. The molecular weight excluding hydrogens is 368 g/mol. The van der Waals surface area contributed by atoms with Crippen LogP contribution in [0.15, 0.2) is 33.9 Å². The van der Waals surface area contributed by atoms with Gasteiger partial charge in [0.25, 0.3) is 5.56 Å². The largest absolute Gasteiger partial charge is 0.454 e. The van der Waals surface area contributed by atoms with E-state index in [4.69, 9.17) is 10.5 Å². The summed E-state index contributed by atoms with van der Waals surface area (Å²) < 4.78 is 5.95. The number of H-pyrrole nitrogens is 1. The molecular formula is C18H18N4O6. The molecule has 1 saturated heterocycles. The van der Waals surface area contributed by atoms with Crippen LogP contribution in [0.25, 0.3) is 0 Å². The fourth-order valence-corrected chi connectivity index (χ4v) is 2.97. The van der Waals surface area contributed by atoms with Gasteiger partial charge in [0.15, 0.2) is 6.61 Å². The number of rotatable bonds is 5. The number of nitrogen functional groups attached to an aromatic ring is 1. The van der Waals surface area contributed by atoms with Gasteiger partial charge < -0.3 is 15.4 Å². The molecule has 10 heteroatoms. The number of hydrogen-bond acceptors (Lipinski definition) is 7. The summed E-state index contributed by atoms with van der Waals surface area (Å²) in [5.41, 5.74) is 4.02. The highest BCUT2D eigenvalue weighted by atomic mass is 16.5. The molecule has 1 aromatic carbocycles. The number of nitrogens with zero attached hydrogens (tertiary/aromatic N) is 2. The lowest BCUT2D eigenvalue weighted by atomic mass is 10.1. The van der Waals surface area contributed by atoms with Gasteiger partial charge in [-0.2, -0.15) is 0 Å². The molecule has 0 aliphatic carbocycles. The fourth-order valence-electron chi connectivity index (χ4n) is 2.97. The number of Topliss-reactive ketones (excluding diaryl/α,β-unsaturated/α-hetero) is 1. The van der Waals surface area contributed by atoms with E-state index in [1.165, 1.54) is 18.0 Å². The highest BCUT2D eigenvalue weighted by molar-refractivity contribution is 6.05. The summed E-state index contributed by atoms with van der Waals surface area (Å²) in [6.45, 7) is -0.251. The van der Waals surface area contributed by atoms with Crippen LogP contribution in [-0.4, -0.2) is 40.4 Å². The first-order valence-electron chi connectivity index (χ1n) is 8.49. The van der Waals surface area contributed by atoms with Crippen LogP contribution in [-0.2, 0) is 16.6 Å². The SMILES string of the molecule is Cn1c(N)c(C(=O)COC(=O)c2ccccc2N2CCCC2=O)c(=O)[nH]c1=O. The second-order valence-corrected chi connectivity index (χ2v) is 6.24. The Labute approximate surface area is 158 Å². The van der Waals surface area contributed by atoms with Crippen molar-refractivity contribution in [1.82, 2.24) is 9.55 Å². The molecule has 0 radical (unpaired) electrons. The third kappa shape index (κ3) is 3.43. The van der Waals surface area contributed by atoms with Gasteiger partial charge in [-0.05, 0) is 18.6 Å². The molecule has 0 saturated carbocycles. The first-order chi connectivity index (χ1) is 13.3. The molecule has 0 unspecified atom stereocenters. The van der Waals surface area contributed by atoms with Gasteiger partial charge in [0.05, 0.1) is 11.3 Å². The van der Waals surface area contributed by atoms with Crippen LogP contribution >= 0.6 is 0 Å². The molecule has 0 atom stereocenters. The van der Waals surface area contributed by atoms with Crippen LogP contribution in [0.1, 0.15) is 33.6 Å². The number of aromatic amines is 1. The summed E-state index contributed by atoms with van der Waals surface area (Å²) >= 11 is 0. The third-order valence-electron chi connectivity index (χ3n) is 4.47. The summed E-state index contributed by atoms with van der Waals surface area (Å²) in [4.78, 5) is 63.6. The molecule has 0 bridgehead atoms. The van der Waals surface area contributed by atoms with E-state index in [-0.39, 0.29) is 17.3 Å². The van der Waals surface area contributed by atoms with Gasteiger partial charge in [0.1, 0.15) is 11.4 Å². The second kappa shape index (κ2) is 7.51. The molecule has 1 aliphatic rings. The normalized spacial score (nSPS) is 13.6. The zero-order valence-electron chi connectivity index (χ0n) is 15.1. The highest BCUT2D eigenvalue weighted by Crippen LogP contribution is 2.26. The van der Waals surface area contributed by atoms with E-state index in [1.807, 2.05) is 4.98 Å². The number of nitrogens with one attached hydrogen (secondary N) is 1. The average molecular weight is 386 g/mol. The maximum atomic E-state index is 12.5. The first-order valence-corrected chi connectivity index (χ1v) is 8.49. The summed E-state index contributed by atoms with van der Waals surface area (Å²) in [5.74, 6) is -2.08. The monoisotopic (exact) mass is 386 g/mol. The molecule has 2 aromatic rings. The Morgan fingerprint density at radius 2 is 1.93 bits per heavy atom. The van der Waals surface area contributed by atoms with Crippen molar-refractivity contribution in [2.75, 3.05) is 23.8 Å². The summed E-state index contributed by atoms with van der Waals surface area (Å²) in [6, 6.07) is 6.41. The Morgan fingerprint density at radius 3 is 2.61 bits per heavy atom. The lowest BCUT2D eigenvalue weighted by Crippen LogP contribution is -2.36. The van der Waals surface area contributed by atoms with Crippen molar-refractivity contribution >= 4 is 29.2 Å². The fraction of sp³-hybridized carbons (Fsp3) is 0.278. The van der Waals surface area contributed by atoms with Crippen molar-refractivity contribution in [3.63, 3.8) is 0 Å². The van der Waals surface area contributed by atoms with Crippen LogP contribution in [0.2, 0.25) is 0 Å². The molecule has 1 amide bonds. The average Bonchev–Trinajstić information content (AvgIpc) is 3.10. The summed E-state index contributed by atoms with van der Waals surface area (Å²) in [5, 5.41) is 0. The molecule has 3 rings (SSSR count). The van der Waals surface area contributed by atoms with Gasteiger partial charge in [-0.15, -0.1) is 0 Å². The van der Waals surface area contributed by atoms with Crippen LogP contribution < -0.4 is 21.9 Å². The Morgan fingerprint density at radius 1 is 1.21 bits per heavy atom. The summed E-state index contributed by atoms with van der Waals surface area (Å²) in [7, 11) is 1.29. The van der Waals surface area contributed by atoms with E-state index in [0.717, 1.165) is 4.57 Å². The lowest BCUT2D eigenvalue weighted by molar-refractivity contribution is -0.117. The molecule has 1 fully saturated rings. The maximum Gasteiger partial charge on any atom is 0.340 e. The lowest BCUT2D eigenvalue weighted by Gasteiger charge is -2.18. The minimum atomic E-state index is -0.954. The molecule has 28 heavy (non-hydrogen) atoms. The number of anilines is 2. The first kappa shape index (κ1) is 19.1. The Bertz CT molecular complexity index is 1080. The van der Waals surface area contributed by atoms with Gasteiger partial charge in [-0.25, -0.2) is 9.59 Å². The standard InChI is InChI=1S/C18H18N4O6/c1-21-15(19)14(16(25)20-18(21)27)12(23)9-28-17(26)10-5-2-3-6-11(10)22-8-4-7-13(22)24/h2-3,5-6H,4,7-9,19H2,1H3,(H,20,25,27). The third-order valence-corrected chi connectivity index (χ3v) is 4.47. The number of ether oxygens (including phenoxy) is 1. The number of nitrogens with two attached hydrogens (primary N) is 1. The van der Waals surface area contributed by atoms with Gasteiger partial charge in [-0.3, -0.25) is 23.9 Å². The Hall–Kier alpha value is -3.69. The number of amides is 1. The zero-order chi connectivity index (χ0) is 20.4. The van der Waals surface area contributed by atoms with E-state index in [0.29, 0.717) is 25.1 Å². The quantitative estimate of drug-likeness (QED) is 0.536. The van der Waals surface area contributed by atoms with Crippen LogP contribution in [0, 0.1) is 0 Å². The van der Waals surface area contributed by atoms with Gasteiger partial charge in [0, 0.05) is 20.0 Å². The summed E-state index contributed by atoms with van der Waals surface area (Å²) in [6.07, 6.45) is 1.09. The number of aromatic nitrogens is 2. The second-order valence-electron chi connectivity index (χ2n) is 6.24. The smallest absolute Gasteiger partial charge is 0.340 e. The number of hydrogen-bond donors (Lipinski definition) is 2. The Kier molecular flexibility index (Phi) is 5.12. The van der Waals surface area contributed by atoms with Crippen molar-refractivity contribution < 1.29 is 19.1 Å². The van der Waals surface area contributed by atoms with Crippen molar-refractivity contribution in [2.24, 2.45) is 7.05 Å². The number of carbonyl (C=O) groups is 3. The van der Waals surface area contributed by atoms with E-state index in [1.54, 1.807) is 18.2 Å². The van der Waals surface area contributed by atoms with Gasteiger partial charge in [-0.1, -0.05) is 12.1 Å². The number of para-hydroxylation sites is 1. The molecule has 10 nitrogen and oxygen atoms in total. The van der Waals surface area contributed by atoms with Gasteiger partial charge >= 0.3 is 11.7 Å². The van der Waals surface area contributed by atoms with Crippen molar-refractivity contribution in [2.45, 2.75) is 12.8 Å².